The smallest absolute Gasteiger partial charge is 0.277 e. The molecule has 0 radical (unpaired) electrons. The number of thioether (sulfide) groups is 1. The van der Waals surface area contributed by atoms with Crippen LogP contribution in [0.4, 0.5) is 5.69 Å². The largest absolute Gasteiger partial charge is 0.489 e. The Morgan fingerprint density at radius 2 is 1.55 bits per heavy atom. The molecule has 4 aromatic rings. The summed E-state index contributed by atoms with van der Waals surface area (Å²) in [7, 11) is 0. The summed E-state index contributed by atoms with van der Waals surface area (Å²) in [6, 6.07) is 27.2. The van der Waals surface area contributed by atoms with Crippen LogP contribution < -0.4 is 10.1 Å². The maximum absolute atomic E-state index is 12.2. The number of amides is 1. The number of carbonyl (C=O) groups excluding carboxylic acids is 1. The van der Waals surface area contributed by atoms with E-state index in [2.05, 4.69) is 15.5 Å². The Balaban J connectivity index is 1.22. The van der Waals surface area contributed by atoms with E-state index in [1.54, 1.807) is 0 Å². The number of hydrogen-bond donors (Lipinski definition) is 1. The molecule has 1 N–H and O–H groups in total. The number of nitrogens with zero attached hydrogens (tertiary/aromatic N) is 2. The van der Waals surface area contributed by atoms with Gasteiger partial charge in [0.15, 0.2) is 0 Å². The molecular formula is C24H21N3O3S. The summed E-state index contributed by atoms with van der Waals surface area (Å²) in [5.74, 6) is 1.30. The minimum Gasteiger partial charge on any atom is -0.489 e. The monoisotopic (exact) mass is 431 g/mol. The minimum absolute atomic E-state index is 0.147. The fourth-order valence-corrected chi connectivity index (χ4v) is 3.42. The molecule has 156 valence electrons. The van der Waals surface area contributed by atoms with Crippen LogP contribution in [0.1, 0.15) is 17.0 Å². The van der Waals surface area contributed by atoms with Crippen molar-refractivity contribution in [2.75, 3.05) is 11.1 Å². The highest BCUT2D eigenvalue weighted by atomic mass is 32.2. The lowest BCUT2D eigenvalue weighted by molar-refractivity contribution is -0.113. The molecule has 3 aromatic carbocycles. The van der Waals surface area contributed by atoms with Crippen LogP contribution in [0.15, 0.2) is 94.6 Å². The molecule has 6 nitrogen and oxygen atoms in total. The van der Waals surface area contributed by atoms with E-state index in [9.17, 15) is 4.79 Å². The summed E-state index contributed by atoms with van der Waals surface area (Å²) in [6.07, 6.45) is 0.569. The third kappa shape index (κ3) is 6.45. The number of carbonyl (C=O) groups is 1. The Labute approximate surface area is 184 Å². The van der Waals surface area contributed by atoms with Gasteiger partial charge in [0.25, 0.3) is 5.22 Å². The van der Waals surface area contributed by atoms with E-state index in [0.717, 1.165) is 16.9 Å². The number of anilines is 1. The zero-order valence-corrected chi connectivity index (χ0v) is 17.5. The van der Waals surface area contributed by atoms with E-state index >= 15 is 0 Å². The van der Waals surface area contributed by atoms with Crippen molar-refractivity contribution in [3.63, 3.8) is 0 Å². The number of rotatable bonds is 9. The number of hydrogen-bond acceptors (Lipinski definition) is 6. The molecule has 0 fully saturated rings. The van der Waals surface area contributed by atoms with E-state index in [1.807, 2.05) is 84.9 Å². The molecule has 0 aliphatic carbocycles. The number of aromatic nitrogens is 2. The Morgan fingerprint density at radius 3 is 2.26 bits per heavy atom. The van der Waals surface area contributed by atoms with Crippen molar-refractivity contribution < 1.29 is 13.9 Å². The molecule has 0 atom stereocenters. The Kier molecular flexibility index (Phi) is 6.97. The van der Waals surface area contributed by atoms with Crippen LogP contribution in [-0.4, -0.2) is 21.9 Å². The van der Waals surface area contributed by atoms with Crippen LogP contribution in [0.25, 0.3) is 0 Å². The van der Waals surface area contributed by atoms with Crippen molar-refractivity contribution in [1.29, 1.82) is 0 Å². The second kappa shape index (κ2) is 10.4. The molecule has 0 saturated carbocycles. The highest BCUT2D eigenvalue weighted by Crippen LogP contribution is 2.20. The van der Waals surface area contributed by atoms with E-state index in [-0.39, 0.29) is 11.7 Å². The van der Waals surface area contributed by atoms with Gasteiger partial charge >= 0.3 is 0 Å². The molecular weight excluding hydrogens is 410 g/mol. The van der Waals surface area contributed by atoms with Crippen LogP contribution in [0.5, 0.6) is 5.75 Å². The lowest BCUT2D eigenvalue weighted by atomic mass is 10.2. The van der Waals surface area contributed by atoms with E-state index in [4.69, 9.17) is 9.15 Å². The summed E-state index contributed by atoms with van der Waals surface area (Å²) in [5.41, 5.74) is 2.90. The number of ether oxygens (including phenoxy) is 1. The normalized spacial score (nSPS) is 10.6. The van der Waals surface area contributed by atoms with Crippen LogP contribution in [0.2, 0.25) is 0 Å². The number of benzene rings is 3. The first-order chi connectivity index (χ1) is 15.2. The van der Waals surface area contributed by atoms with Crippen LogP contribution in [0, 0.1) is 0 Å². The molecule has 1 amide bonds. The molecule has 7 heteroatoms. The molecule has 4 rings (SSSR count). The zero-order valence-electron chi connectivity index (χ0n) is 16.7. The second-order valence-corrected chi connectivity index (χ2v) is 7.69. The highest BCUT2D eigenvalue weighted by Gasteiger charge is 2.10. The van der Waals surface area contributed by atoms with E-state index in [0.29, 0.717) is 29.8 Å². The molecule has 0 bridgehead atoms. The predicted molar refractivity (Wildman–Crippen MR) is 120 cm³/mol. The molecule has 1 heterocycles. The van der Waals surface area contributed by atoms with Gasteiger partial charge in [-0.05, 0) is 35.4 Å². The molecule has 0 saturated heterocycles. The summed E-state index contributed by atoms with van der Waals surface area (Å²) in [5, 5.41) is 11.3. The molecule has 0 unspecified atom stereocenters. The third-order valence-corrected chi connectivity index (χ3v) is 5.18. The van der Waals surface area contributed by atoms with Gasteiger partial charge in [-0.1, -0.05) is 72.4 Å². The summed E-state index contributed by atoms with van der Waals surface area (Å²) in [6.45, 7) is 0.500. The summed E-state index contributed by atoms with van der Waals surface area (Å²) < 4.78 is 11.4. The van der Waals surface area contributed by atoms with Gasteiger partial charge in [-0.15, -0.1) is 10.2 Å². The molecule has 0 aliphatic heterocycles. The first-order valence-corrected chi connectivity index (χ1v) is 10.8. The predicted octanol–water partition coefficient (Wildman–Crippen LogP) is 4.97. The van der Waals surface area contributed by atoms with Gasteiger partial charge in [0.1, 0.15) is 12.4 Å². The molecule has 31 heavy (non-hydrogen) atoms. The third-order valence-electron chi connectivity index (χ3n) is 4.36. The van der Waals surface area contributed by atoms with Crippen LogP contribution in [-0.2, 0) is 17.8 Å². The average molecular weight is 432 g/mol. The molecule has 1 aromatic heterocycles. The topological polar surface area (TPSA) is 77.2 Å². The summed E-state index contributed by atoms with van der Waals surface area (Å²) in [4.78, 5) is 12.2. The van der Waals surface area contributed by atoms with E-state index in [1.165, 1.54) is 11.8 Å². The van der Waals surface area contributed by atoms with Gasteiger partial charge < -0.3 is 14.5 Å². The Morgan fingerprint density at radius 1 is 0.871 bits per heavy atom. The van der Waals surface area contributed by atoms with Gasteiger partial charge in [-0.3, -0.25) is 4.79 Å². The van der Waals surface area contributed by atoms with E-state index < -0.39 is 0 Å². The maximum atomic E-state index is 12.2. The summed E-state index contributed by atoms with van der Waals surface area (Å²) >= 11 is 1.21. The average Bonchev–Trinajstić information content (AvgIpc) is 3.26. The highest BCUT2D eigenvalue weighted by molar-refractivity contribution is 7.99. The van der Waals surface area contributed by atoms with Crippen molar-refractivity contribution in [2.45, 2.75) is 18.3 Å². The minimum atomic E-state index is -0.147. The Hall–Kier alpha value is -3.58. The van der Waals surface area contributed by atoms with Gasteiger partial charge in [0.05, 0.1) is 12.2 Å². The standard InChI is InChI=1S/C24H21N3O3S/c28-22(17-31-24-27-26-23(30-24)15-18-7-3-1-4-8-18)25-20-11-13-21(14-12-20)29-16-19-9-5-2-6-10-19/h1-14H,15-17H2,(H,25,28). The van der Waals surface area contributed by atoms with Gasteiger partial charge in [-0.2, -0.15) is 0 Å². The lowest BCUT2D eigenvalue weighted by Crippen LogP contribution is -2.13. The quantitative estimate of drug-likeness (QED) is 0.377. The van der Waals surface area contributed by atoms with Crippen LogP contribution in [0.3, 0.4) is 0 Å². The van der Waals surface area contributed by atoms with Crippen molar-refractivity contribution in [3.05, 3.63) is 102 Å². The van der Waals surface area contributed by atoms with Crippen molar-refractivity contribution >= 4 is 23.4 Å². The zero-order chi connectivity index (χ0) is 21.3. The van der Waals surface area contributed by atoms with Crippen molar-refractivity contribution in [2.24, 2.45) is 0 Å². The molecule has 0 aliphatic rings. The second-order valence-electron chi connectivity index (χ2n) is 6.76. The van der Waals surface area contributed by atoms with Gasteiger partial charge in [0, 0.05) is 5.69 Å². The number of nitrogens with one attached hydrogen (secondary N) is 1. The fourth-order valence-electron chi connectivity index (χ4n) is 2.84. The van der Waals surface area contributed by atoms with Gasteiger partial charge in [-0.25, -0.2) is 0 Å². The Bertz CT molecular complexity index is 1100. The fraction of sp³-hybridized carbons (Fsp3) is 0.125. The van der Waals surface area contributed by atoms with Crippen LogP contribution >= 0.6 is 11.8 Å². The van der Waals surface area contributed by atoms with Gasteiger partial charge in [0.2, 0.25) is 11.8 Å². The van der Waals surface area contributed by atoms with Crippen molar-refractivity contribution in [1.82, 2.24) is 10.2 Å². The SMILES string of the molecule is O=C(CSc1nnc(Cc2ccccc2)o1)Nc1ccc(OCc2ccccc2)cc1. The molecule has 0 spiro atoms. The first kappa shape index (κ1) is 20.7. The lowest BCUT2D eigenvalue weighted by Gasteiger charge is -2.08. The van der Waals surface area contributed by atoms with Crippen molar-refractivity contribution in [3.8, 4) is 5.75 Å². The maximum Gasteiger partial charge on any atom is 0.277 e. The first-order valence-electron chi connectivity index (χ1n) is 9.80.